The molecule has 7 heteroatoms. The average Bonchev–Trinajstić information content (AvgIpc) is 2.55. The summed E-state index contributed by atoms with van der Waals surface area (Å²) in [5, 5.41) is 11.5. The molecule has 0 atom stereocenters. The summed E-state index contributed by atoms with van der Waals surface area (Å²) in [5.74, 6) is -1.09. The van der Waals surface area contributed by atoms with Gasteiger partial charge < -0.3 is 9.84 Å². The summed E-state index contributed by atoms with van der Waals surface area (Å²) < 4.78 is 19.1. The maximum atomic E-state index is 13.4. The highest BCUT2D eigenvalue weighted by atomic mass is 35.5. The second-order valence-electron chi connectivity index (χ2n) is 4.73. The first-order chi connectivity index (χ1) is 11.5. The Hall–Kier alpha value is -2.86. The fourth-order valence-corrected chi connectivity index (χ4v) is 1.86. The van der Waals surface area contributed by atoms with E-state index in [0.717, 1.165) is 11.6 Å². The van der Waals surface area contributed by atoms with Gasteiger partial charge in [0.2, 0.25) is 5.17 Å². The van der Waals surface area contributed by atoms with Gasteiger partial charge in [-0.05, 0) is 30.7 Å². The lowest BCUT2D eigenvalue weighted by molar-refractivity contribution is -0.129. The van der Waals surface area contributed by atoms with Crippen molar-refractivity contribution in [2.75, 3.05) is 5.43 Å². The molecule has 0 amide bonds. The molecule has 124 valence electrons. The van der Waals surface area contributed by atoms with Crippen molar-refractivity contribution in [1.29, 1.82) is 0 Å². The van der Waals surface area contributed by atoms with Crippen molar-refractivity contribution in [3.8, 4) is 5.75 Å². The quantitative estimate of drug-likeness (QED) is 0.463. The molecule has 0 saturated carbocycles. The number of hydrogen-bond donors (Lipinski definition) is 2. The van der Waals surface area contributed by atoms with E-state index in [4.69, 9.17) is 21.4 Å². The Balaban J connectivity index is 2.22. The van der Waals surface area contributed by atoms with E-state index in [2.05, 4.69) is 10.5 Å². The second-order valence-corrected chi connectivity index (χ2v) is 5.09. The number of ether oxygens (including phenoxy) is 1. The highest BCUT2D eigenvalue weighted by Gasteiger charge is 2.09. The molecule has 0 bridgehead atoms. The van der Waals surface area contributed by atoms with Gasteiger partial charge in [-0.1, -0.05) is 41.9 Å². The van der Waals surface area contributed by atoms with E-state index in [1.54, 1.807) is 13.0 Å². The summed E-state index contributed by atoms with van der Waals surface area (Å²) in [6, 6.07) is 13.3. The number of benzene rings is 2. The van der Waals surface area contributed by atoms with Gasteiger partial charge in [0.15, 0.2) is 5.75 Å². The first kappa shape index (κ1) is 17.5. The van der Waals surface area contributed by atoms with E-state index >= 15 is 0 Å². The molecule has 0 spiro atoms. The summed E-state index contributed by atoms with van der Waals surface area (Å²) in [7, 11) is 0. The zero-order valence-corrected chi connectivity index (χ0v) is 13.4. The van der Waals surface area contributed by atoms with Crippen LogP contribution in [0.5, 0.6) is 5.75 Å². The summed E-state index contributed by atoms with van der Waals surface area (Å²) in [6.07, 6.45) is 1.81. The number of rotatable bonds is 6. The molecule has 0 heterocycles. The van der Waals surface area contributed by atoms with Crippen molar-refractivity contribution in [3.05, 3.63) is 65.7 Å². The van der Waals surface area contributed by atoms with E-state index in [-0.39, 0.29) is 11.4 Å². The van der Waals surface area contributed by atoms with Crippen molar-refractivity contribution in [1.82, 2.24) is 0 Å². The lowest BCUT2D eigenvalue weighted by Crippen LogP contribution is -2.08. The van der Waals surface area contributed by atoms with Gasteiger partial charge in [0.25, 0.3) is 0 Å². The van der Waals surface area contributed by atoms with Crippen molar-refractivity contribution in [3.63, 3.8) is 0 Å². The number of aliphatic carboxylic acids is 1. The molecule has 2 rings (SSSR count). The van der Waals surface area contributed by atoms with Crippen LogP contribution in [0.1, 0.15) is 12.5 Å². The molecule has 0 fully saturated rings. The van der Waals surface area contributed by atoms with E-state index in [1.165, 1.54) is 12.1 Å². The third-order valence-electron chi connectivity index (χ3n) is 2.83. The minimum atomic E-state index is -1.40. The number of allylic oxidation sites excluding steroid dienone is 1. The number of anilines is 1. The topological polar surface area (TPSA) is 70.9 Å². The molecular formula is C17H14ClFN2O3. The van der Waals surface area contributed by atoms with Gasteiger partial charge in [0.05, 0.1) is 0 Å². The predicted octanol–water partition coefficient (Wildman–Crippen LogP) is 4.31. The highest BCUT2D eigenvalue weighted by molar-refractivity contribution is 6.81. The minimum Gasteiger partial charge on any atom is -0.476 e. The highest BCUT2D eigenvalue weighted by Crippen LogP contribution is 2.27. The Bertz CT molecular complexity index is 792. The van der Waals surface area contributed by atoms with Gasteiger partial charge in [-0.2, -0.15) is 5.10 Å². The zero-order chi connectivity index (χ0) is 17.5. The number of nitrogens with one attached hydrogen (secondary N) is 1. The third kappa shape index (κ3) is 5.10. The van der Waals surface area contributed by atoms with E-state index in [0.29, 0.717) is 5.76 Å². The van der Waals surface area contributed by atoms with Crippen molar-refractivity contribution in [2.45, 2.75) is 6.92 Å². The van der Waals surface area contributed by atoms with Gasteiger partial charge in [-0.25, -0.2) is 9.18 Å². The van der Waals surface area contributed by atoms with Crippen LogP contribution in [0.25, 0.3) is 6.08 Å². The van der Waals surface area contributed by atoms with Crippen molar-refractivity contribution >= 4 is 34.5 Å². The standard InChI is InChI=1S/C17H14ClFN2O3/c1-11(9-12-5-3-2-4-6-12)24-15-8-7-13(19)10-14(15)20-21-16(18)17(22)23/h2-10,20H,1H3,(H,22,23)/b11-9-,21-16?. The fraction of sp³-hybridized carbons (Fsp3) is 0.0588. The Labute approximate surface area is 143 Å². The third-order valence-corrected chi connectivity index (χ3v) is 3.08. The number of hydrogen-bond acceptors (Lipinski definition) is 4. The molecule has 2 aromatic rings. The van der Waals surface area contributed by atoms with Crippen LogP contribution in [-0.2, 0) is 4.79 Å². The Morgan fingerprint density at radius 1 is 1.29 bits per heavy atom. The van der Waals surface area contributed by atoms with Gasteiger partial charge in [0.1, 0.15) is 17.3 Å². The molecule has 0 aliphatic heterocycles. The first-order valence-corrected chi connectivity index (χ1v) is 7.27. The van der Waals surface area contributed by atoms with E-state index in [9.17, 15) is 9.18 Å². The van der Waals surface area contributed by atoms with Crippen molar-refractivity contribution in [2.24, 2.45) is 5.10 Å². The predicted molar refractivity (Wildman–Crippen MR) is 91.7 cm³/mol. The molecule has 24 heavy (non-hydrogen) atoms. The maximum absolute atomic E-state index is 13.4. The molecule has 5 nitrogen and oxygen atoms in total. The fourth-order valence-electron chi connectivity index (χ4n) is 1.82. The molecule has 2 N–H and O–H groups in total. The van der Waals surface area contributed by atoms with Crippen LogP contribution in [0.4, 0.5) is 10.1 Å². The normalized spacial score (nSPS) is 12.0. The molecule has 0 aliphatic carbocycles. The van der Waals surface area contributed by atoms with Crippen LogP contribution >= 0.6 is 11.6 Å². The minimum absolute atomic E-state index is 0.148. The molecule has 0 unspecified atom stereocenters. The molecule has 0 aromatic heterocycles. The van der Waals surface area contributed by atoms with Crippen LogP contribution in [0, 0.1) is 5.82 Å². The molecule has 0 radical (unpaired) electrons. The smallest absolute Gasteiger partial charge is 0.368 e. The zero-order valence-electron chi connectivity index (χ0n) is 12.7. The first-order valence-electron chi connectivity index (χ1n) is 6.89. The second kappa shape index (κ2) is 8.12. The van der Waals surface area contributed by atoms with E-state index in [1.807, 2.05) is 30.3 Å². The molecule has 0 aliphatic rings. The summed E-state index contributed by atoms with van der Waals surface area (Å²) in [6.45, 7) is 1.74. The molecule has 2 aromatic carbocycles. The van der Waals surface area contributed by atoms with Gasteiger partial charge in [-0.15, -0.1) is 0 Å². The van der Waals surface area contributed by atoms with Crippen LogP contribution in [0.15, 0.2) is 59.4 Å². The van der Waals surface area contributed by atoms with Gasteiger partial charge in [-0.3, -0.25) is 5.43 Å². The molecular weight excluding hydrogens is 335 g/mol. The number of carbonyl (C=O) groups is 1. The number of halogens is 2. The lowest BCUT2D eigenvalue weighted by Gasteiger charge is -2.11. The lowest BCUT2D eigenvalue weighted by atomic mass is 10.2. The summed E-state index contributed by atoms with van der Waals surface area (Å²) in [5.41, 5.74) is 3.48. The van der Waals surface area contributed by atoms with Crippen molar-refractivity contribution < 1.29 is 19.0 Å². The maximum Gasteiger partial charge on any atom is 0.368 e. The number of carboxylic acids is 1. The van der Waals surface area contributed by atoms with E-state index < -0.39 is 17.0 Å². The summed E-state index contributed by atoms with van der Waals surface area (Å²) in [4.78, 5) is 10.6. The number of carboxylic acid groups (broad SMARTS) is 1. The SMILES string of the molecule is C/C(=C/c1ccccc1)Oc1ccc(F)cc1NN=C(Cl)C(=O)O. The van der Waals surface area contributed by atoms with Crippen LogP contribution in [0.2, 0.25) is 0 Å². The monoisotopic (exact) mass is 348 g/mol. The van der Waals surface area contributed by atoms with Gasteiger partial charge >= 0.3 is 5.97 Å². The Kier molecular flexibility index (Phi) is 5.92. The summed E-state index contributed by atoms with van der Waals surface area (Å²) >= 11 is 5.41. The Morgan fingerprint density at radius 3 is 2.67 bits per heavy atom. The van der Waals surface area contributed by atoms with Crippen LogP contribution < -0.4 is 10.2 Å². The average molecular weight is 349 g/mol. The Morgan fingerprint density at radius 2 is 2.00 bits per heavy atom. The van der Waals surface area contributed by atoms with Gasteiger partial charge in [0, 0.05) is 6.07 Å². The van der Waals surface area contributed by atoms with Crippen LogP contribution in [0.3, 0.4) is 0 Å². The number of nitrogens with zero attached hydrogens (tertiary/aromatic N) is 1. The van der Waals surface area contributed by atoms with Crippen LogP contribution in [-0.4, -0.2) is 16.2 Å². The molecule has 0 saturated heterocycles. The largest absolute Gasteiger partial charge is 0.476 e. The number of hydrazone groups is 1.